The molecule has 0 heterocycles. The molecule has 2 aliphatic carbocycles. The summed E-state index contributed by atoms with van der Waals surface area (Å²) >= 11 is 0. The molecule has 0 unspecified atom stereocenters. The lowest BCUT2D eigenvalue weighted by molar-refractivity contribution is -0.0978. The quantitative estimate of drug-likeness (QED) is 0.702. The molecule has 0 saturated heterocycles. The molecule has 3 atom stereocenters. The molecule has 0 amide bonds. The van der Waals surface area contributed by atoms with Crippen molar-refractivity contribution < 1.29 is 40.6 Å². The summed E-state index contributed by atoms with van der Waals surface area (Å²) < 4.78 is 91.3. The molecule has 10 heteroatoms. The third-order valence-electron chi connectivity index (χ3n) is 5.79. The second-order valence-corrected chi connectivity index (χ2v) is 10.3. The maximum atomic E-state index is 14.2. The highest BCUT2D eigenvalue weighted by Gasteiger charge is 2.55. The molecule has 158 valence electrons. The maximum absolute atomic E-state index is 14.2. The van der Waals surface area contributed by atoms with E-state index in [1.165, 1.54) is 0 Å². The normalized spacial score (nSPS) is 29.5. The van der Waals surface area contributed by atoms with Crippen LogP contribution in [0.15, 0.2) is 17.0 Å². The number of hydrogen-bond acceptors (Lipinski definition) is 4. The molecule has 0 spiro atoms. The minimum atomic E-state index is -5.92. The van der Waals surface area contributed by atoms with Crippen molar-refractivity contribution in [3.63, 3.8) is 0 Å². The van der Waals surface area contributed by atoms with Gasteiger partial charge in [-0.25, -0.2) is 17.2 Å². The van der Waals surface area contributed by atoms with Gasteiger partial charge in [0.1, 0.15) is 6.10 Å². The average molecular weight is 428 g/mol. The highest BCUT2D eigenvalue weighted by atomic mass is 32.2. The first-order valence-corrected chi connectivity index (χ1v) is 10.3. The minimum Gasteiger partial charge on any atom is -0.392 e. The zero-order valence-corrected chi connectivity index (χ0v) is 16.0. The van der Waals surface area contributed by atoms with Gasteiger partial charge in [0, 0.05) is 17.9 Å². The van der Waals surface area contributed by atoms with E-state index < -0.39 is 56.3 Å². The van der Waals surface area contributed by atoms with Crippen LogP contribution in [0.2, 0.25) is 0 Å². The second kappa shape index (κ2) is 6.37. The Labute approximate surface area is 159 Å². The molecule has 1 saturated carbocycles. The topological polar surface area (TPSA) is 74.6 Å². The standard InChI is InChI=1S/C18H21F5O4S/c1-16(2)6-5-12(24)10(7-16)9-3-4-13(28(26,27)18(21,22)23)14-11(9)8-17(19,20)15(14)25/h3-4,10,12,15,24-25H,5-8H2,1-2H3/t10-,12-,15+/m1/s1. The van der Waals surface area contributed by atoms with Gasteiger partial charge in [-0.1, -0.05) is 19.9 Å². The van der Waals surface area contributed by atoms with Crippen molar-refractivity contribution >= 4 is 9.84 Å². The molecule has 0 radical (unpaired) electrons. The van der Waals surface area contributed by atoms with Gasteiger partial charge in [-0.15, -0.1) is 0 Å². The number of fused-ring (bicyclic) bond motifs is 1. The number of aliphatic hydroxyl groups excluding tert-OH is 2. The van der Waals surface area contributed by atoms with Gasteiger partial charge < -0.3 is 10.2 Å². The molecule has 0 aliphatic heterocycles. The summed E-state index contributed by atoms with van der Waals surface area (Å²) in [5.74, 6) is -4.44. The van der Waals surface area contributed by atoms with Gasteiger partial charge in [0.2, 0.25) is 0 Å². The van der Waals surface area contributed by atoms with Crippen LogP contribution in [0.25, 0.3) is 0 Å². The largest absolute Gasteiger partial charge is 0.501 e. The Bertz CT molecular complexity index is 892. The van der Waals surface area contributed by atoms with Crippen molar-refractivity contribution in [3.8, 4) is 0 Å². The zero-order valence-electron chi connectivity index (χ0n) is 15.2. The number of benzene rings is 1. The SMILES string of the molecule is CC1(C)CC[C@@H](O)[C@@H](c2ccc(S(=O)(=O)C(F)(F)F)c3c2CC(F)(F)[C@H]3O)C1. The van der Waals surface area contributed by atoms with Gasteiger partial charge >= 0.3 is 5.51 Å². The monoisotopic (exact) mass is 428 g/mol. The van der Waals surface area contributed by atoms with Gasteiger partial charge in [-0.05, 0) is 41.9 Å². The fraction of sp³-hybridized carbons (Fsp3) is 0.667. The molecule has 1 fully saturated rings. The van der Waals surface area contributed by atoms with E-state index in [2.05, 4.69) is 0 Å². The van der Waals surface area contributed by atoms with Crippen molar-refractivity contribution in [1.82, 2.24) is 0 Å². The van der Waals surface area contributed by atoms with E-state index in [0.717, 1.165) is 6.07 Å². The molecule has 0 bridgehead atoms. The Balaban J connectivity index is 2.23. The van der Waals surface area contributed by atoms with Crippen molar-refractivity contribution in [2.24, 2.45) is 5.41 Å². The van der Waals surface area contributed by atoms with E-state index in [4.69, 9.17) is 0 Å². The van der Waals surface area contributed by atoms with Crippen LogP contribution in [0.5, 0.6) is 0 Å². The molecule has 3 rings (SSSR count). The smallest absolute Gasteiger partial charge is 0.392 e. The molecule has 0 aromatic heterocycles. The Morgan fingerprint density at radius 1 is 1.14 bits per heavy atom. The minimum absolute atomic E-state index is 0.174. The third kappa shape index (κ3) is 3.33. The lowest BCUT2D eigenvalue weighted by Crippen LogP contribution is -2.32. The first-order chi connectivity index (χ1) is 12.6. The Hall–Kier alpha value is -1.26. The molecule has 4 nitrogen and oxygen atoms in total. The predicted molar refractivity (Wildman–Crippen MR) is 89.7 cm³/mol. The zero-order chi connectivity index (χ0) is 21.3. The number of hydrogen-bond donors (Lipinski definition) is 2. The van der Waals surface area contributed by atoms with Crippen molar-refractivity contribution in [2.75, 3.05) is 0 Å². The van der Waals surface area contributed by atoms with E-state index in [9.17, 15) is 40.6 Å². The van der Waals surface area contributed by atoms with Gasteiger partial charge in [-0.2, -0.15) is 13.2 Å². The number of halogens is 5. The van der Waals surface area contributed by atoms with Crippen LogP contribution in [-0.4, -0.2) is 36.2 Å². The Morgan fingerprint density at radius 2 is 1.75 bits per heavy atom. The lowest BCUT2D eigenvalue weighted by atomic mass is 9.68. The van der Waals surface area contributed by atoms with E-state index in [1.54, 1.807) is 0 Å². The fourth-order valence-corrected chi connectivity index (χ4v) is 5.32. The van der Waals surface area contributed by atoms with Crippen LogP contribution in [0, 0.1) is 5.41 Å². The van der Waals surface area contributed by atoms with Crippen LogP contribution in [0.4, 0.5) is 22.0 Å². The van der Waals surface area contributed by atoms with E-state index in [1.807, 2.05) is 13.8 Å². The number of aliphatic hydroxyl groups is 2. The number of sulfone groups is 1. The Kier molecular flexibility index (Phi) is 4.88. The van der Waals surface area contributed by atoms with E-state index in [-0.39, 0.29) is 16.5 Å². The summed E-state index contributed by atoms with van der Waals surface area (Å²) in [5, 5.41) is 20.4. The van der Waals surface area contributed by atoms with E-state index in [0.29, 0.717) is 25.3 Å². The highest BCUT2D eigenvalue weighted by molar-refractivity contribution is 7.92. The number of rotatable bonds is 2. The molecule has 1 aromatic rings. The summed E-state index contributed by atoms with van der Waals surface area (Å²) in [6.07, 6.45) is -3.17. The van der Waals surface area contributed by atoms with Crippen molar-refractivity contribution in [2.45, 2.75) is 74.0 Å². The van der Waals surface area contributed by atoms with Gasteiger partial charge in [0.05, 0.1) is 11.0 Å². The molecule has 2 N–H and O–H groups in total. The molecule has 28 heavy (non-hydrogen) atoms. The van der Waals surface area contributed by atoms with Crippen LogP contribution >= 0.6 is 0 Å². The summed E-state index contributed by atoms with van der Waals surface area (Å²) in [6, 6.07) is 1.69. The molecule has 1 aromatic carbocycles. The third-order valence-corrected chi connectivity index (χ3v) is 7.33. The van der Waals surface area contributed by atoms with Gasteiger partial charge in [-0.3, -0.25) is 0 Å². The van der Waals surface area contributed by atoms with Crippen LogP contribution in [-0.2, 0) is 16.3 Å². The second-order valence-electron chi connectivity index (χ2n) is 8.42. The van der Waals surface area contributed by atoms with Gasteiger partial charge in [0.15, 0.2) is 0 Å². The summed E-state index contributed by atoms with van der Waals surface area (Å²) in [4.78, 5) is -1.35. The summed E-state index contributed by atoms with van der Waals surface area (Å²) in [6.45, 7) is 3.86. The lowest BCUT2D eigenvalue weighted by Gasteiger charge is -2.39. The highest BCUT2D eigenvalue weighted by Crippen LogP contribution is 2.52. The van der Waals surface area contributed by atoms with Gasteiger partial charge in [0.25, 0.3) is 15.8 Å². The van der Waals surface area contributed by atoms with Crippen LogP contribution < -0.4 is 0 Å². The predicted octanol–water partition coefficient (Wildman–Crippen LogP) is 3.86. The molecular weight excluding hydrogens is 407 g/mol. The first-order valence-electron chi connectivity index (χ1n) is 8.79. The molecule has 2 aliphatic rings. The molecular formula is C18H21F5O4S. The van der Waals surface area contributed by atoms with Crippen molar-refractivity contribution in [3.05, 3.63) is 28.8 Å². The maximum Gasteiger partial charge on any atom is 0.501 e. The summed E-state index contributed by atoms with van der Waals surface area (Å²) in [7, 11) is -5.92. The fourth-order valence-electron chi connectivity index (χ4n) is 4.30. The summed E-state index contributed by atoms with van der Waals surface area (Å²) in [5.41, 5.74) is -6.97. The van der Waals surface area contributed by atoms with Crippen LogP contribution in [0.1, 0.15) is 61.8 Å². The average Bonchev–Trinajstić information content (AvgIpc) is 2.78. The first kappa shape index (κ1) is 21.4. The van der Waals surface area contributed by atoms with Crippen LogP contribution in [0.3, 0.4) is 0 Å². The van der Waals surface area contributed by atoms with E-state index >= 15 is 0 Å². The number of alkyl halides is 5. The van der Waals surface area contributed by atoms with Crippen molar-refractivity contribution in [1.29, 1.82) is 0 Å². The Morgan fingerprint density at radius 3 is 2.32 bits per heavy atom.